The number of hydrogen-bond acceptors (Lipinski definition) is 6. The van der Waals surface area contributed by atoms with Gasteiger partial charge in [-0.3, -0.25) is 14.4 Å². The van der Waals surface area contributed by atoms with Crippen molar-refractivity contribution in [3.63, 3.8) is 0 Å². The van der Waals surface area contributed by atoms with E-state index >= 15 is 0 Å². The highest BCUT2D eigenvalue weighted by Gasteiger charge is 2.19. The Morgan fingerprint density at radius 1 is 0.250 bits per heavy atom. The van der Waals surface area contributed by atoms with Crippen molar-refractivity contribution in [2.75, 3.05) is 13.2 Å². The SMILES string of the molecule is CCCCCCC/C=C\C/C=C\C/C=C\CCCCCCCCCCCCC(=O)OC(COC(=O)CCCCCCCCCCCC)COC(=O)CCCCCCCCCCCCCCCCC/C=C\C/C=C\CCCCCCC. The molecule has 0 spiro atoms. The molecule has 1 unspecified atom stereocenters. The molecule has 0 aromatic heterocycles. The molecule has 1 atom stereocenters. The first-order valence-corrected chi connectivity index (χ1v) is 35.3. The second-order valence-corrected chi connectivity index (χ2v) is 23.8. The lowest BCUT2D eigenvalue weighted by Crippen LogP contribution is -2.30. The van der Waals surface area contributed by atoms with Crippen LogP contribution in [-0.4, -0.2) is 37.2 Å². The zero-order valence-corrected chi connectivity index (χ0v) is 53.6. The van der Waals surface area contributed by atoms with Crippen LogP contribution in [0.3, 0.4) is 0 Å². The van der Waals surface area contributed by atoms with Gasteiger partial charge in [-0.25, -0.2) is 0 Å². The molecule has 0 heterocycles. The standard InChI is InChI=1S/C74H134O6/c1-4-7-10-13-16-19-22-24-26-28-30-32-34-36-37-39-40-42-44-46-48-50-52-55-58-61-64-67-73(76)79-70-71(69-78-72(75)66-63-60-57-54-21-18-15-12-9-6-3)80-74(77)68-65-62-59-56-53-51-49-47-45-43-41-38-35-33-31-29-27-25-23-20-17-14-11-8-5-2/h22-25,28-31,35,38,71H,4-21,26-27,32-34,36-37,39-70H2,1-3H3/b24-22-,25-23-,30-28-,31-29-,38-35-. The molecule has 0 amide bonds. The fourth-order valence-corrected chi connectivity index (χ4v) is 10.4. The molecule has 6 heteroatoms. The molecule has 0 aromatic carbocycles. The number of ether oxygens (including phenoxy) is 3. The zero-order valence-electron chi connectivity index (χ0n) is 53.6. The first-order valence-electron chi connectivity index (χ1n) is 35.3. The second kappa shape index (κ2) is 68.6. The maximum Gasteiger partial charge on any atom is 0.306 e. The summed E-state index contributed by atoms with van der Waals surface area (Å²) in [6.45, 7) is 6.66. The number of carbonyl (C=O) groups is 3. The number of hydrogen-bond donors (Lipinski definition) is 0. The molecule has 80 heavy (non-hydrogen) atoms. The van der Waals surface area contributed by atoms with Crippen LogP contribution in [0.5, 0.6) is 0 Å². The van der Waals surface area contributed by atoms with Crippen LogP contribution < -0.4 is 0 Å². The van der Waals surface area contributed by atoms with E-state index in [0.717, 1.165) is 77.0 Å². The van der Waals surface area contributed by atoms with Gasteiger partial charge in [-0.05, 0) is 89.9 Å². The Morgan fingerprint density at radius 3 is 0.700 bits per heavy atom. The summed E-state index contributed by atoms with van der Waals surface area (Å²) in [5.41, 5.74) is 0. The first-order chi connectivity index (χ1) is 39.5. The third kappa shape index (κ3) is 65.9. The van der Waals surface area contributed by atoms with Crippen molar-refractivity contribution in [2.45, 2.75) is 380 Å². The van der Waals surface area contributed by atoms with Gasteiger partial charge in [0.2, 0.25) is 0 Å². The van der Waals surface area contributed by atoms with Gasteiger partial charge in [0.15, 0.2) is 6.10 Å². The lowest BCUT2D eigenvalue weighted by Gasteiger charge is -2.18. The predicted octanol–water partition coefficient (Wildman–Crippen LogP) is 24.3. The number of allylic oxidation sites excluding steroid dienone is 10. The molecule has 0 aliphatic rings. The van der Waals surface area contributed by atoms with Crippen LogP contribution in [0, 0.1) is 0 Å². The van der Waals surface area contributed by atoms with Gasteiger partial charge in [0.25, 0.3) is 0 Å². The molecule has 0 rings (SSSR count). The molecule has 0 aromatic rings. The van der Waals surface area contributed by atoms with Crippen LogP contribution in [0.4, 0.5) is 0 Å². The molecule has 0 N–H and O–H groups in total. The van der Waals surface area contributed by atoms with Crippen LogP contribution in [0.15, 0.2) is 60.8 Å². The van der Waals surface area contributed by atoms with Crippen molar-refractivity contribution in [3.05, 3.63) is 60.8 Å². The summed E-state index contributed by atoms with van der Waals surface area (Å²) in [6, 6.07) is 0. The van der Waals surface area contributed by atoms with E-state index in [2.05, 4.69) is 81.5 Å². The smallest absolute Gasteiger partial charge is 0.306 e. The topological polar surface area (TPSA) is 78.9 Å². The van der Waals surface area contributed by atoms with E-state index in [0.29, 0.717) is 19.3 Å². The monoisotopic (exact) mass is 1120 g/mol. The van der Waals surface area contributed by atoms with Gasteiger partial charge >= 0.3 is 17.9 Å². The Morgan fingerprint density at radius 2 is 0.450 bits per heavy atom. The van der Waals surface area contributed by atoms with E-state index < -0.39 is 6.10 Å². The second-order valence-electron chi connectivity index (χ2n) is 23.8. The van der Waals surface area contributed by atoms with Crippen molar-refractivity contribution in [3.8, 4) is 0 Å². The minimum absolute atomic E-state index is 0.0716. The van der Waals surface area contributed by atoms with Crippen molar-refractivity contribution >= 4 is 17.9 Å². The number of esters is 3. The van der Waals surface area contributed by atoms with Crippen LogP contribution >= 0.6 is 0 Å². The molecule has 0 saturated carbocycles. The first kappa shape index (κ1) is 77.1. The quantitative estimate of drug-likeness (QED) is 0.0261. The fourth-order valence-electron chi connectivity index (χ4n) is 10.4. The minimum Gasteiger partial charge on any atom is -0.462 e. The van der Waals surface area contributed by atoms with Gasteiger partial charge in [-0.15, -0.1) is 0 Å². The van der Waals surface area contributed by atoms with Gasteiger partial charge < -0.3 is 14.2 Å². The largest absolute Gasteiger partial charge is 0.462 e. The summed E-state index contributed by atoms with van der Waals surface area (Å²) in [7, 11) is 0. The van der Waals surface area contributed by atoms with Crippen molar-refractivity contribution < 1.29 is 28.6 Å². The molecule has 6 nitrogen and oxygen atoms in total. The van der Waals surface area contributed by atoms with Crippen molar-refractivity contribution in [1.82, 2.24) is 0 Å². The Bertz CT molecular complexity index is 1430. The summed E-state index contributed by atoms with van der Waals surface area (Å²) in [5.74, 6) is -0.855. The average molecular weight is 1120 g/mol. The van der Waals surface area contributed by atoms with Crippen LogP contribution in [-0.2, 0) is 28.6 Å². The molecule has 0 aliphatic heterocycles. The van der Waals surface area contributed by atoms with Gasteiger partial charge in [0, 0.05) is 19.3 Å². The van der Waals surface area contributed by atoms with Crippen LogP contribution in [0.2, 0.25) is 0 Å². The molecule has 0 bridgehead atoms. The Hall–Kier alpha value is -2.89. The molecule has 0 aliphatic carbocycles. The Labute approximate surface area is 498 Å². The Balaban J connectivity index is 4.18. The van der Waals surface area contributed by atoms with E-state index in [4.69, 9.17) is 14.2 Å². The summed E-state index contributed by atoms with van der Waals surface area (Å²) in [5, 5.41) is 0. The van der Waals surface area contributed by atoms with Crippen molar-refractivity contribution in [2.24, 2.45) is 0 Å². The van der Waals surface area contributed by atoms with Gasteiger partial charge in [0.1, 0.15) is 13.2 Å². The molecular formula is C74H134O6. The van der Waals surface area contributed by atoms with E-state index in [1.54, 1.807) is 0 Å². The summed E-state index contributed by atoms with van der Waals surface area (Å²) >= 11 is 0. The third-order valence-electron chi connectivity index (χ3n) is 15.7. The number of carbonyl (C=O) groups excluding carboxylic acids is 3. The highest BCUT2D eigenvalue weighted by molar-refractivity contribution is 5.71. The average Bonchev–Trinajstić information content (AvgIpc) is 3.46. The van der Waals surface area contributed by atoms with Crippen LogP contribution in [0.25, 0.3) is 0 Å². The summed E-state index contributed by atoms with van der Waals surface area (Å²) in [6.07, 6.45) is 88.2. The van der Waals surface area contributed by atoms with Crippen molar-refractivity contribution in [1.29, 1.82) is 0 Å². The number of unbranched alkanes of at least 4 members (excludes halogenated alkanes) is 44. The highest BCUT2D eigenvalue weighted by Crippen LogP contribution is 2.18. The number of rotatable bonds is 65. The van der Waals surface area contributed by atoms with E-state index in [-0.39, 0.29) is 31.1 Å². The zero-order chi connectivity index (χ0) is 57.8. The lowest BCUT2D eigenvalue weighted by molar-refractivity contribution is -0.167. The molecule has 466 valence electrons. The molecule has 0 radical (unpaired) electrons. The van der Waals surface area contributed by atoms with E-state index in [1.165, 1.54) is 257 Å². The summed E-state index contributed by atoms with van der Waals surface area (Å²) in [4.78, 5) is 38.3. The van der Waals surface area contributed by atoms with Gasteiger partial charge in [-0.1, -0.05) is 326 Å². The Kier molecular flexibility index (Phi) is 66.1. The van der Waals surface area contributed by atoms with E-state index in [9.17, 15) is 14.4 Å². The van der Waals surface area contributed by atoms with Gasteiger partial charge in [-0.2, -0.15) is 0 Å². The van der Waals surface area contributed by atoms with Gasteiger partial charge in [0.05, 0.1) is 0 Å². The summed E-state index contributed by atoms with van der Waals surface area (Å²) < 4.78 is 17.0. The normalized spacial score (nSPS) is 12.4. The molecular weight excluding hydrogens is 985 g/mol. The maximum absolute atomic E-state index is 12.9. The maximum atomic E-state index is 12.9. The lowest BCUT2D eigenvalue weighted by atomic mass is 10.0. The minimum atomic E-state index is -0.775. The molecule has 0 fully saturated rings. The third-order valence-corrected chi connectivity index (χ3v) is 15.7. The highest BCUT2D eigenvalue weighted by atomic mass is 16.6. The molecule has 0 saturated heterocycles. The van der Waals surface area contributed by atoms with E-state index in [1.807, 2.05) is 0 Å². The van der Waals surface area contributed by atoms with Crippen LogP contribution in [0.1, 0.15) is 374 Å². The fraction of sp³-hybridized carbons (Fsp3) is 0.824. The predicted molar refractivity (Wildman–Crippen MR) is 348 cm³/mol.